The minimum atomic E-state index is -0.514. The molecule has 0 aliphatic rings. The quantitative estimate of drug-likeness (QED) is 0.718. The first-order valence-electron chi connectivity index (χ1n) is 3.67. The normalized spacial score (nSPS) is 9.00. The van der Waals surface area contributed by atoms with Crippen LogP contribution in [0.4, 0.5) is 14.9 Å². The van der Waals surface area contributed by atoms with Crippen molar-refractivity contribution in [2.75, 3.05) is 5.32 Å². The van der Waals surface area contributed by atoms with Crippen LogP contribution in [0.2, 0.25) is 0 Å². The Kier molecular flexibility index (Phi) is 3.03. The molecule has 2 amide bonds. The Bertz CT molecular complexity index is 325. The van der Waals surface area contributed by atoms with Crippen molar-refractivity contribution in [3.8, 4) is 0 Å². The van der Waals surface area contributed by atoms with E-state index in [2.05, 4.69) is 17.2 Å². The predicted molar refractivity (Wildman–Crippen MR) is 48.8 cm³/mol. The molecule has 1 aromatic rings. The largest absolute Gasteiger partial charge is 0.323 e. The molecule has 0 atom stereocenters. The molecule has 0 spiro atoms. The molecule has 0 aromatic heterocycles. The molecular weight excluding hydrogens is 171 g/mol. The standard InChI is InChI=1S/C9H9FN2O/c1-2-11-9(13)12-8-6-4-3-5-7(8)10/h2-6H,1H2,(H2,11,12,13). The van der Waals surface area contributed by atoms with Gasteiger partial charge in [-0.15, -0.1) is 0 Å². The van der Waals surface area contributed by atoms with Crippen LogP contribution in [0.15, 0.2) is 37.0 Å². The first-order chi connectivity index (χ1) is 6.24. The predicted octanol–water partition coefficient (Wildman–Crippen LogP) is 2.09. The average molecular weight is 180 g/mol. The fourth-order valence-electron chi connectivity index (χ4n) is 0.814. The molecule has 13 heavy (non-hydrogen) atoms. The zero-order valence-electron chi connectivity index (χ0n) is 6.88. The van der Waals surface area contributed by atoms with Crippen LogP contribution >= 0.6 is 0 Å². The highest BCUT2D eigenvalue weighted by Gasteiger charge is 2.02. The molecule has 0 aliphatic heterocycles. The average Bonchev–Trinajstić information content (AvgIpc) is 2.09. The first-order valence-corrected chi connectivity index (χ1v) is 3.67. The van der Waals surface area contributed by atoms with Crippen molar-refractivity contribution in [2.45, 2.75) is 0 Å². The Morgan fingerprint density at radius 3 is 2.77 bits per heavy atom. The Balaban J connectivity index is 2.68. The number of benzene rings is 1. The van der Waals surface area contributed by atoms with E-state index in [9.17, 15) is 9.18 Å². The van der Waals surface area contributed by atoms with E-state index < -0.39 is 11.8 Å². The van der Waals surface area contributed by atoms with Crippen LogP contribution < -0.4 is 10.6 Å². The van der Waals surface area contributed by atoms with E-state index >= 15 is 0 Å². The number of urea groups is 1. The van der Waals surface area contributed by atoms with Crippen LogP contribution in [0, 0.1) is 5.82 Å². The summed E-state index contributed by atoms with van der Waals surface area (Å²) in [5.74, 6) is -0.471. The smallest absolute Gasteiger partial charge is 0.315 e. The summed E-state index contributed by atoms with van der Waals surface area (Å²) in [5, 5.41) is 4.58. The Morgan fingerprint density at radius 1 is 1.46 bits per heavy atom. The molecule has 4 heteroatoms. The number of carbonyl (C=O) groups is 1. The maximum atomic E-state index is 12.9. The molecule has 0 heterocycles. The monoisotopic (exact) mass is 180 g/mol. The summed E-state index contributed by atoms with van der Waals surface area (Å²) in [6, 6.07) is 5.40. The Morgan fingerprint density at radius 2 is 2.15 bits per heavy atom. The zero-order valence-corrected chi connectivity index (χ0v) is 6.88. The number of carbonyl (C=O) groups excluding carboxylic acids is 1. The minimum absolute atomic E-state index is 0.141. The molecule has 0 bridgehead atoms. The van der Waals surface area contributed by atoms with Gasteiger partial charge in [-0.1, -0.05) is 18.7 Å². The fourth-order valence-corrected chi connectivity index (χ4v) is 0.814. The summed E-state index contributed by atoms with van der Waals surface area (Å²) in [4.78, 5) is 10.9. The molecule has 0 radical (unpaired) electrons. The van der Waals surface area contributed by atoms with Gasteiger partial charge >= 0.3 is 6.03 Å². The van der Waals surface area contributed by atoms with Crippen LogP contribution in [0.1, 0.15) is 0 Å². The van der Waals surface area contributed by atoms with Gasteiger partial charge in [0.05, 0.1) is 5.69 Å². The lowest BCUT2D eigenvalue weighted by molar-refractivity contribution is 0.255. The highest BCUT2D eigenvalue weighted by molar-refractivity contribution is 5.89. The lowest BCUT2D eigenvalue weighted by Crippen LogP contribution is -2.23. The van der Waals surface area contributed by atoms with Crippen molar-refractivity contribution in [2.24, 2.45) is 0 Å². The highest BCUT2D eigenvalue weighted by Crippen LogP contribution is 2.11. The molecule has 1 rings (SSSR count). The summed E-state index contributed by atoms with van der Waals surface area (Å²) in [6.45, 7) is 3.30. The van der Waals surface area contributed by atoms with Crippen molar-refractivity contribution in [1.29, 1.82) is 0 Å². The second-order valence-electron chi connectivity index (χ2n) is 2.28. The van der Waals surface area contributed by atoms with Crippen LogP contribution in [-0.4, -0.2) is 6.03 Å². The number of rotatable bonds is 2. The number of amides is 2. The van der Waals surface area contributed by atoms with Crippen LogP contribution in [0.5, 0.6) is 0 Å². The molecule has 0 unspecified atom stereocenters. The third-order valence-electron chi connectivity index (χ3n) is 1.36. The van der Waals surface area contributed by atoms with Crippen molar-refractivity contribution >= 4 is 11.7 Å². The molecular formula is C9H9FN2O. The van der Waals surface area contributed by atoms with E-state index in [1.165, 1.54) is 18.3 Å². The van der Waals surface area contributed by atoms with Gasteiger partial charge in [-0.2, -0.15) is 0 Å². The van der Waals surface area contributed by atoms with Gasteiger partial charge in [0, 0.05) is 0 Å². The van der Waals surface area contributed by atoms with E-state index in [-0.39, 0.29) is 5.69 Å². The highest BCUT2D eigenvalue weighted by atomic mass is 19.1. The zero-order chi connectivity index (χ0) is 9.68. The van der Waals surface area contributed by atoms with Gasteiger partial charge in [0.25, 0.3) is 0 Å². The topological polar surface area (TPSA) is 41.1 Å². The number of para-hydroxylation sites is 1. The van der Waals surface area contributed by atoms with Gasteiger partial charge in [-0.3, -0.25) is 0 Å². The summed E-state index contributed by atoms with van der Waals surface area (Å²) >= 11 is 0. The fraction of sp³-hybridized carbons (Fsp3) is 0. The van der Waals surface area contributed by atoms with Crippen molar-refractivity contribution < 1.29 is 9.18 Å². The maximum Gasteiger partial charge on any atom is 0.323 e. The van der Waals surface area contributed by atoms with Gasteiger partial charge in [-0.05, 0) is 18.3 Å². The van der Waals surface area contributed by atoms with Crippen molar-refractivity contribution in [3.63, 3.8) is 0 Å². The van der Waals surface area contributed by atoms with E-state index in [0.717, 1.165) is 0 Å². The number of anilines is 1. The Hall–Kier alpha value is -1.84. The van der Waals surface area contributed by atoms with Gasteiger partial charge in [-0.25, -0.2) is 9.18 Å². The summed E-state index contributed by atoms with van der Waals surface area (Å²) in [5.41, 5.74) is 0.141. The lowest BCUT2D eigenvalue weighted by atomic mass is 10.3. The van der Waals surface area contributed by atoms with Crippen LogP contribution in [0.25, 0.3) is 0 Å². The summed E-state index contributed by atoms with van der Waals surface area (Å²) in [6.07, 6.45) is 1.22. The summed E-state index contributed by atoms with van der Waals surface area (Å²) < 4.78 is 12.9. The summed E-state index contributed by atoms with van der Waals surface area (Å²) in [7, 11) is 0. The molecule has 0 aliphatic carbocycles. The number of hydrogen-bond donors (Lipinski definition) is 2. The van der Waals surface area contributed by atoms with E-state index in [1.54, 1.807) is 12.1 Å². The molecule has 0 saturated heterocycles. The second-order valence-corrected chi connectivity index (χ2v) is 2.28. The van der Waals surface area contributed by atoms with Gasteiger partial charge < -0.3 is 10.6 Å². The van der Waals surface area contributed by atoms with Crippen molar-refractivity contribution in [3.05, 3.63) is 42.9 Å². The second kappa shape index (κ2) is 4.25. The van der Waals surface area contributed by atoms with E-state index in [4.69, 9.17) is 0 Å². The number of nitrogens with one attached hydrogen (secondary N) is 2. The molecule has 0 saturated carbocycles. The molecule has 2 N–H and O–H groups in total. The van der Waals surface area contributed by atoms with E-state index in [1.807, 2.05) is 0 Å². The molecule has 68 valence electrons. The molecule has 3 nitrogen and oxygen atoms in total. The SMILES string of the molecule is C=CNC(=O)Nc1ccccc1F. The first kappa shape index (κ1) is 9.25. The van der Waals surface area contributed by atoms with Crippen LogP contribution in [0.3, 0.4) is 0 Å². The third kappa shape index (κ3) is 2.59. The minimum Gasteiger partial charge on any atom is -0.315 e. The van der Waals surface area contributed by atoms with Crippen molar-refractivity contribution in [1.82, 2.24) is 5.32 Å². The van der Waals surface area contributed by atoms with Gasteiger partial charge in [0.1, 0.15) is 5.82 Å². The van der Waals surface area contributed by atoms with Gasteiger partial charge in [0.2, 0.25) is 0 Å². The number of halogens is 1. The molecule has 0 fully saturated rings. The van der Waals surface area contributed by atoms with Crippen LogP contribution in [-0.2, 0) is 0 Å². The molecule has 1 aromatic carbocycles. The lowest BCUT2D eigenvalue weighted by Gasteiger charge is -2.04. The maximum absolute atomic E-state index is 12.9. The van der Waals surface area contributed by atoms with E-state index in [0.29, 0.717) is 0 Å². The number of hydrogen-bond acceptors (Lipinski definition) is 1. The van der Waals surface area contributed by atoms with Gasteiger partial charge in [0.15, 0.2) is 0 Å². The third-order valence-corrected chi connectivity index (χ3v) is 1.36. The Labute approximate surface area is 75.3 Å².